The van der Waals surface area contributed by atoms with Gasteiger partial charge in [0.15, 0.2) is 6.61 Å². The zero-order chi connectivity index (χ0) is 19.8. The first-order chi connectivity index (χ1) is 12.8. The molecule has 0 aromatic heterocycles. The highest BCUT2D eigenvalue weighted by atomic mass is 16.5. The first kappa shape index (κ1) is 20.2. The van der Waals surface area contributed by atoms with Crippen molar-refractivity contribution in [2.24, 2.45) is 0 Å². The molecular weight excluding hydrogens is 344 g/mol. The smallest absolute Gasteiger partial charge is 0.306 e. The van der Waals surface area contributed by atoms with E-state index in [4.69, 9.17) is 4.74 Å². The summed E-state index contributed by atoms with van der Waals surface area (Å²) in [6.07, 6.45) is -0.0968. The van der Waals surface area contributed by atoms with E-state index in [0.29, 0.717) is 11.4 Å². The molecular formula is C21H24N2O4. The van der Waals surface area contributed by atoms with Gasteiger partial charge in [0.2, 0.25) is 5.91 Å². The second kappa shape index (κ2) is 9.52. The van der Waals surface area contributed by atoms with Crippen molar-refractivity contribution in [1.82, 2.24) is 0 Å². The third kappa shape index (κ3) is 6.58. The third-order valence-corrected chi connectivity index (χ3v) is 4.00. The van der Waals surface area contributed by atoms with Crippen LogP contribution >= 0.6 is 0 Å². The molecule has 0 aliphatic rings. The molecule has 6 heteroatoms. The molecule has 27 heavy (non-hydrogen) atoms. The number of nitrogens with one attached hydrogen (secondary N) is 2. The predicted molar refractivity (Wildman–Crippen MR) is 105 cm³/mol. The van der Waals surface area contributed by atoms with E-state index in [2.05, 4.69) is 10.6 Å². The van der Waals surface area contributed by atoms with Gasteiger partial charge in [-0.1, -0.05) is 35.9 Å². The molecule has 2 aromatic carbocycles. The van der Waals surface area contributed by atoms with Crippen molar-refractivity contribution < 1.29 is 19.1 Å². The first-order valence-electron chi connectivity index (χ1n) is 8.73. The Morgan fingerprint density at radius 1 is 0.815 bits per heavy atom. The van der Waals surface area contributed by atoms with Crippen molar-refractivity contribution in [3.63, 3.8) is 0 Å². The van der Waals surface area contributed by atoms with Crippen LogP contribution in [0.4, 0.5) is 11.4 Å². The molecule has 0 heterocycles. The highest BCUT2D eigenvalue weighted by molar-refractivity contribution is 5.95. The molecule has 2 rings (SSSR count). The van der Waals surface area contributed by atoms with Crippen LogP contribution in [0.25, 0.3) is 0 Å². The van der Waals surface area contributed by atoms with Crippen molar-refractivity contribution in [3.8, 4) is 0 Å². The SMILES string of the molecule is Cc1ccc(NC(=O)COC(=O)CCC(=O)Nc2ccccc2C)c(C)c1. The zero-order valence-electron chi connectivity index (χ0n) is 15.8. The number of hydrogen-bond donors (Lipinski definition) is 2. The highest BCUT2D eigenvalue weighted by Crippen LogP contribution is 2.16. The maximum Gasteiger partial charge on any atom is 0.306 e. The molecule has 0 unspecified atom stereocenters. The summed E-state index contributed by atoms with van der Waals surface area (Å²) in [6, 6.07) is 13.0. The summed E-state index contributed by atoms with van der Waals surface area (Å²) in [6.45, 7) is 5.36. The predicted octanol–water partition coefficient (Wildman–Crippen LogP) is 3.51. The minimum Gasteiger partial charge on any atom is -0.456 e. The van der Waals surface area contributed by atoms with E-state index in [-0.39, 0.29) is 25.4 Å². The second-order valence-electron chi connectivity index (χ2n) is 6.39. The summed E-state index contributed by atoms with van der Waals surface area (Å²) in [4.78, 5) is 35.6. The summed E-state index contributed by atoms with van der Waals surface area (Å²) in [5.74, 6) is -1.29. The van der Waals surface area contributed by atoms with Gasteiger partial charge in [0.1, 0.15) is 0 Å². The van der Waals surface area contributed by atoms with Crippen LogP contribution < -0.4 is 10.6 Å². The fourth-order valence-electron chi connectivity index (χ4n) is 2.50. The molecule has 2 aromatic rings. The number of aryl methyl sites for hydroxylation is 3. The number of rotatable bonds is 7. The Hall–Kier alpha value is -3.15. The van der Waals surface area contributed by atoms with Gasteiger partial charge in [-0.15, -0.1) is 0 Å². The Bertz CT molecular complexity index is 846. The quantitative estimate of drug-likeness (QED) is 0.733. The maximum atomic E-state index is 11.9. The normalized spacial score (nSPS) is 10.2. The lowest BCUT2D eigenvalue weighted by Gasteiger charge is -2.10. The lowest BCUT2D eigenvalue weighted by Crippen LogP contribution is -2.22. The number of anilines is 2. The molecule has 2 N–H and O–H groups in total. The Labute approximate surface area is 158 Å². The monoisotopic (exact) mass is 368 g/mol. The van der Waals surface area contributed by atoms with Gasteiger partial charge >= 0.3 is 5.97 Å². The number of esters is 1. The number of hydrogen-bond acceptors (Lipinski definition) is 4. The van der Waals surface area contributed by atoms with Crippen LogP contribution in [0, 0.1) is 20.8 Å². The fourth-order valence-corrected chi connectivity index (χ4v) is 2.50. The van der Waals surface area contributed by atoms with Crippen molar-refractivity contribution in [1.29, 1.82) is 0 Å². The molecule has 0 aliphatic heterocycles. The minimum atomic E-state index is -0.592. The van der Waals surface area contributed by atoms with Crippen molar-refractivity contribution in [2.45, 2.75) is 33.6 Å². The lowest BCUT2D eigenvalue weighted by atomic mass is 10.1. The van der Waals surface area contributed by atoms with Crippen molar-refractivity contribution >= 4 is 29.2 Å². The molecule has 0 saturated carbocycles. The van der Waals surface area contributed by atoms with E-state index in [1.165, 1.54) is 0 Å². The number of amides is 2. The Morgan fingerprint density at radius 3 is 2.19 bits per heavy atom. The molecule has 0 spiro atoms. The first-order valence-corrected chi connectivity index (χ1v) is 8.73. The largest absolute Gasteiger partial charge is 0.456 e. The summed E-state index contributed by atoms with van der Waals surface area (Å²) < 4.78 is 4.93. The van der Waals surface area contributed by atoms with Gasteiger partial charge in [-0.3, -0.25) is 14.4 Å². The van der Waals surface area contributed by atoms with Crippen LogP contribution in [0.1, 0.15) is 29.5 Å². The summed E-state index contributed by atoms with van der Waals surface area (Å²) >= 11 is 0. The molecule has 0 fully saturated rings. The summed E-state index contributed by atoms with van der Waals surface area (Å²) in [7, 11) is 0. The van der Waals surface area contributed by atoms with Crippen molar-refractivity contribution in [3.05, 3.63) is 59.2 Å². The van der Waals surface area contributed by atoms with Crippen LogP contribution in [0.15, 0.2) is 42.5 Å². The van der Waals surface area contributed by atoms with Gasteiger partial charge in [-0.05, 0) is 44.0 Å². The van der Waals surface area contributed by atoms with E-state index in [1.807, 2.05) is 51.1 Å². The number of carbonyl (C=O) groups excluding carboxylic acids is 3. The van der Waals surface area contributed by atoms with E-state index in [9.17, 15) is 14.4 Å². The molecule has 2 amide bonds. The standard InChI is InChI=1S/C21H24N2O4/c1-14-8-9-18(16(3)12-14)23-20(25)13-27-21(26)11-10-19(24)22-17-7-5-4-6-15(17)2/h4-9,12H,10-11,13H2,1-3H3,(H,22,24)(H,23,25). The summed E-state index contributed by atoms with van der Waals surface area (Å²) in [5, 5.41) is 5.45. The minimum absolute atomic E-state index is 0.00808. The van der Waals surface area contributed by atoms with Crippen LogP contribution in [-0.4, -0.2) is 24.4 Å². The summed E-state index contributed by atoms with van der Waals surface area (Å²) in [5.41, 5.74) is 4.36. The Morgan fingerprint density at radius 2 is 1.48 bits per heavy atom. The number of para-hydroxylation sites is 1. The molecule has 0 saturated heterocycles. The topological polar surface area (TPSA) is 84.5 Å². The molecule has 6 nitrogen and oxygen atoms in total. The molecule has 0 bridgehead atoms. The average molecular weight is 368 g/mol. The average Bonchev–Trinajstić information content (AvgIpc) is 2.62. The number of ether oxygens (including phenoxy) is 1. The van der Waals surface area contributed by atoms with Crippen molar-refractivity contribution in [2.75, 3.05) is 17.2 Å². The van der Waals surface area contributed by atoms with Gasteiger partial charge in [-0.25, -0.2) is 0 Å². The zero-order valence-corrected chi connectivity index (χ0v) is 15.8. The molecule has 0 aliphatic carbocycles. The van der Waals surface area contributed by atoms with Crippen LogP contribution in [-0.2, 0) is 19.1 Å². The second-order valence-corrected chi connectivity index (χ2v) is 6.39. The highest BCUT2D eigenvalue weighted by Gasteiger charge is 2.12. The molecule has 0 radical (unpaired) electrons. The van der Waals surface area contributed by atoms with Crippen LogP contribution in [0.5, 0.6) is 0 Å². The van der Waals surface area contributed by atoms with Crippen LogP contribution in [0.2, 0.25) is 0 Å². The third-order valence-electron chi connectivity index (χ3n) is 4.00. The maximum absolute atomic E-state index is 11.9. The van der Waals surface area contributed by atoms with Gasteiger partial charge in [0.25, 0.3) is 5.91 Å². The van der Waals surface area contributed by atoms with Crippen LogP contribution in [0.3, 0.4) is 0 Å². The lowest BCUT2D eigenvalue weighted by molar-refractivity contribution is -0.147. The van der Waals surface area contributed by atoms with Gasteiger partial charge < -0.3 is 15.4 Å². The fraction of sp³-hybridized carbons (Fsp3) is 0.286. The van der Waals surface area contributed by atoms with E-state index < -0.39 is 11.9 Å². The Kier molecular flexibility index (Phi) is 7.11. The van der Waals surface area contributed by atoms with Gasteiger partial charge in [0, 0.05) is 17.8 Å². The number of benzene rings is 2. The van der Waals surface area contributed by atoms with E-state index in [1.54, 1.807) is 12.1 Å². The molecule has 0 atom stereocenters. The van der Waals surface area contributed by atoms with E-state index >= 15 is 0 Å². The molecule has 142 valence electrons. The number of carbonyl (C=O) groups is 3. The van der Waals surface area contributed by atoms with Gasteiger partial charge in [-0.2, -0.15) is 0 Å². The van der Waals surface area contributed by atoms with Gasteiger partial charge in [0.05, 0.1) is 6.42 Å². The van der Waals surface area contributed by atoms with E-state index in [0.717, 1.165) is 16.7 Å². The Balaban J connectivity index is 1.71.